The standard InChI is InChI=1S/C27H21F5N4O2.C4H9N.CH2O/c1-33-13-4-6-15-18-10-12-9-14(35-26(37)16-3-2-8-34-16)5-7-17(12)36(18)27(38-19(15)11-13)20-21(28)23(30)25(32)24(31)22(20)29;1-2-4-5-3-1;1-2/h4-7,9-11,16,27,33-34H,2-3,8H2,1H3,(H,35,37);5H,1-4H2;1H2. The quantitative estimate of drug-likeness (QED) is 0.128. The Labute approximate surface area is 255 Å². The Hall–Kier alpha value is -4.49. The third-order valence-electron chi connectivity index (χ3n) is 7.95. The molecule has 2 atom stereocenters. The lowest BCUT2D eigenvalue weighted by atomic mass is 10.1. The summed E-state index contributed by atoms with van der Waals surface area (Å²) in [5, 5.41) is 12.7. The summed E-state index contributed by atoms with van der Waals surface area (Å²) >= 11 is 0. The lowest BCUT2D eigenvalue weighted by molar-refractivity contribution is -0.117. The Balaban J connectivity index is 0.000000514. The summed E-state index contributed by atoms with van der Waals surface area (Å²) < 4.78 is 79.5. The van der Waals surface area contributed by atoms with Gasteiger partial charge in [0.15, 0.2) is 23.3 Å². The topological polar surface area (TPSA) is 96.4 Å². The number of ether oxygens (including phenoxy) is 1. The third-order valence-corrected chi connectivity index (χ3v) is 7.95. The lowest BCUT2D eigenvalue weighted by Crippen LogP contribution is -2.35. The fraction of sp³-hybridized carbons (Fsp3) is 0.312. The van der Waals surface area contributed by atoms with Gasteiger partial charge >= 0.3 is 0 Å². The summed E-state index contributed by atoms with van der Waals surface area (Å²) in [7, 11) is 1.67. The Bertz CT molecular complexity index is 1680. The maximum atomic E-state index is 15.0. The Morgan fingerprint density at radius 1 is 0.867 bits per heavy atom. The van der Waals surface area contributed by atoms with E-state index in [1.165, 1.54) is 30.5 Å². The molecule has 2 fully saturated rings. The van der Waals surface area contributed by atoms with E-state index in [-0.39, 0.29) is 17.7 Å². The van der Waals surface area contributed by atoms with Crippen LogP contribution in [0.2, 0.25) is 0 Å². The molecule has 0 saturated carbocycles. The molecule has 238 valence electrons. The van der Waals surface area contributed by atoms with Crippen LogP contribution in [0.15, 0.2) is 42.5 Å². The van der Waals surface area contributed by atoms with E-state index in [2.05, 4.69) is 21.3 Å². The number of carbonyl (C=O) groups is 2. The Kier molecular flexibility index (Phi) is 9.68. The minimum atomic E-state index is -2.24. The molecular weight excluding hydrogens is 597 g/mol. The van der Waals surface area contributed by atoms with Crippen LogP contribution in [-0.2, 0) is 9.59 Å². The van der Waals surface area contributed by atoms with Crippen molar-refractivity contribution >= 4 is 35.0 Å². The molecule has 3 aromatic carbocycles. The van der Waals surface area contributed by atoms with Gasteiger partial charge in [-0.05, 0) is 81.7 Å². The first kappa shape index (κ1) is 31.9. The molecule has 0 radical (unpaired) electrons. The number of amides is 1. The number of nitrogens with one attached hydrogen (secondary N) is 4. The van der Waals surface area contributed by atoms with Crippen molar-refractivity contribution < 1.29 is 36.3 Å². The number of carbonyl (C=O) groups excluding carboxylic acids is 2. The number of fused-ring (bicyclic) bond motifs is 5. The van der Waals surface area contributed by atoms with Gasteiger partial charge in [0.1, 0.15) is 12.5 Å². The van der Waals surface area contributed by atoms with E-state index in [1.807, 2.05) is 6.79 Å². The van der Waals surface area contributed by atoms with Crippen LogP contribution >= 0.6 is 0 Å². The molecular formula is C32H32F5N5O3. The average molecular weight is 630 g/mol. The van der Waals surface area contributed by atoms with E-state index in [0.717, 1.165) is 19.4 Å². The first-order valence-electron chi connectivity index (χ1n) is 14.5. The third kappa shape index (κ3) is 6.09. The molecule has 2 saturated heterocycles. The van der Waals surface area contributed by atoms with Gasteiger partial charge in [0.2, 0.25) is 18.0 Å². The zero-order valence-electron chi connectivity index (χ0n) is 24.4. The number of halogens is 5. The van der Waals surface area contributed by atoms with Crippen LogP contribution in [0, 0.1) is 29.1 Å². The molecule has 1 aromatic heterocycles. The van der Waals surface area contributed by atoms with Gasteiger partial charge in [-0.15, -0.1) is 0 Å². The normalized spacial score (nSPS) is 18.1. The summed E-state index contributed by atoms with van der Waals surface area (Å²) in [6.45, 7) is 5.26. The van der Waals surface area contributed by atoms with Gasteiger partial charge in [0.05, 0.1) is 22.8 Å². The van der Waals surface area contributed by atoms with Crippen LogP contribution in [-0.4, -0.2) is 50.0 Å². The number of nitrogens with zero attached hydrogens (tertiary/aromatic N) is 1. The Morgan fingerprint density at radius 2 is 1.53 bits per heavy atom. The Morgan fingerprint density at radius 3 is 2.13 bits per heavy atom. The maximum absolute atomic E-state index is 15.0. The summed E-state index contributed by atoms with van der Waals surface area (Å²) in [4.78, 5) is 20.6. The van der Waals surface area contributed by atoms with E-state index >= 15 is 0 Å². The van der Waals surface area contributed by atoms with Crippen molar-refractivity contribution in [2.75, 3.05) is 37.3 Å². The van der Waals surface area contributed by atoms with Crippen LogP contribution in [0.5, 0.6) is 5.75 Å². The molecule has 0 aliphatic carbocycles. The highest BCUT2D eigenvalue weighted by atomic mass is 19.2. The van der Waals surface area contributed by atoms with Gasteiger partial charge in [-0.3, -0.25) is 4.79 Å². The summed E-state index contributed by atoms with van der Waals surface area (Å²) in [5.41, 5.74) is 1.42. The van der Waals surface area contributed by atoms with Crippen LogP contribution in [0.25, 0.3) is 22.2 Å². The van der Waals surface area contributed by atoms with Crippen molar-refractivity contribution in [3.63, 3.8) is 0 Å². The number of rotatable bonds is 4. The van der Waals surface area contributed by atoms with Gasteiger partial charge < -0.3 is 35.4 Å². The molecule has 13 heteroatoms. The second-order valence-corrected chi connectivity index (χ2v) is 10.7. The maximum Gasteiger partial charge on any atom is 0.241 e. The van der Waals surface area contributed by atoms with Crippen LogP contribution in [0.1, 0.15) is 37.5 Å². The lowest BCUT2D eigenvalue weighted by Gasteiger charge is -2.31. The highest BCUT2D eigenvalue weighted by Crippen LogP contribution is 2.46. The number of hydrogen-bond donors (Lipinski definition) is 4. The zero-order chi connectivity index (χ0) is 32.2. The average Bonchev–Trinajstić information content (AvgIpc) is 3.87. The first-order valence-corrected chi connectivity index (χ1v) is 14.5. The molecule has 4 aromatic rings. The van der Waals surface area contributed by atoms with Crippen molar-refractivity contribution in [1.29, 1.82) is 0 Å². The number of aromatic nitrogens is 1. The van der Waals surface area contributed by atoms with Crippen molar-refractivity contribution in [3.8, 4) is 17.0 Å². The van der Waals surface area contributed by atoms with E-state index < -0.39 is 40.9 Å². The van der Waals surface area contributed by atoms with Crippen molar-refractivity contribution in [2.24, 2.45) is 0 Å². The van der Waals surface area contributed by atoms with Crippen molar-refractivity contribution in [2.45, 2.75) is 38.0 Å². The molecule has 2 unspecified atom stereocenters. The molecule has 4 heterocycles. The fourth-order valence-corrected chi connectivity index (χ4v) is 5.72. The number of anilines is 2. The van der Waals surface area contributed by atoms with Crippen LogP contribution < -0.4 is 26.0 Å². The molecule has 3 aliphatic rings. The van der Waals surface area contributed by atoms with E-state index in [9.17, 15) is 26.7 Å². The fourth-order valence-electron chi connectivity index (χ4n) is 5.72. The van der Waals surface area contributed by atoms with E-state index in [1.54, 1.807) is 49.5 Å². The highest BCUT2D eigenvalue weighted by Gasteiger charge is 2.37. The highest BCUT2D eigenvalue weighted by molar-refractivity contribution is 5.98. The summed E-state index contributed by atoms with van der Waals surface area (Å²) in [5.74, 6) is -10.3. The van der Waals surface area contributed by atoms with Gasteiger partial charge in [-0.1, -0.05) is 0 Å². The van der Waals surface area contributed by atoms with Gasteiger partial charge in [-0.2, -0.15) is 0 Å². The minimum absolute atomic E-state index is 0.182. The predicted octanol–water partition coefficient (Wildman–Crippen LogP) is 5.86. The first-order chi connectivity index (χ1) is 21.8. The molecule has 45 heavy (non-hydrogen) atoms. The molecule has 8 nitrogen and oxygen atoms in total. The molecule has 0 bridgehead atoms. The van der Waals surface area contributed by atoms with Crippen molar-refractivity contribution in [3.05, 3.63) is 77.1 Å². The van der Waals surface area contributed by atoms with Crippen molar-refractivity contribution in [1.82, 2.24) is 15.2 Å². The molecule has 7 rings (SSSR count). The van der Waals surface area contributed by atoms with E-state index in [4.69, 9.17) is 9.53 Å². The number of benzene rings is 3. The summed E-state index contributed by atoms with van der Waals surface area (Å²) in [6, 6.07) is 11.4. The minimum Gasteiger partial charge on any atom is -0.465 e. The second-order valence-electron chi connectivity index (χ2n) is 10.7. The van der Waals surface area contributed by atoms with Gasteiger partial charge in [0, 0.05) is 35.4 Å². The second kappa shape index (κ2) is 13.7. The molecule has 0 spiro atoms. The molecule has 4 N–H and O–H groups in total. The summed E-state index contributed by atoms with van der Waals surface area (Å²) in [6.07, 6.45) is 2.70. The predicted molar refractivity (Wildman–Crippen MR) is 161 cm³/mol. The zero-order valence-corrected chi connectivity index (χ0v) is 24.4. The molecule has 3 aliphatic heterocycles. The van der Waals surface area contributed by atoms with Crippen LogP contribution in [0.3, 0.4) is 0 Å². The van der Waals surface area contributed by atoms with Gasteiger partial charge in [0.25, 0.3) is 0 Å². The number of hydrogen-bond acceptors (Lipinski definition) is 6. The van der Waals surface area contributed by atoms with E-state index in [0.29, 0.717) is 33.5 Å². The SMILES string of the molecule is C1CCNC1.C=O.CNc1ccc2c(c1)OC(c1c(F)c(F)c(F)c(F)c1F)n1c-2cc2cc(NC(=O)C3CCCN3)ccc21. The van der Waals surface area contributed by atoms with Crippen LogP contribution in [0.4, 0.5) is 33.3 Å². The smallest absolute Gasteiger partial charge is 0.241 e. The largest absolute Gasteiger partial charge is 0.465 e. The monoisotopic (exact) mass is 629 g/mol. The van der Waals surface area contributed by atoms with Gasteiger partial charge in [-0.25, -0.2) is 22.0 Å². The molecule has 1 amide bonds.